The molecule has 2 aromatic carbocycles. The highest BCUT2D eigenvalue weighted by Crippen LogP contribution is 2.47. The number of likely N-dealkylation sites (N-methyl/N-ethyl adjacent to an activating group) is 1. The van der Waals surface area contributed by atoms with Gasteiger partial charge in [-0.3, -0.25) is 9.59 Å². The first-order chi connectivity index (χ1) is 21.4. The summed E-state index contributed by atoms with van der Waals surface area (Å²) in [4.78, 5) is 43.1. The maximum absolute atomic E-state index is 13.4. The van der Waals surface area contributed by atoms with E-state index in [1.165, 1.54) is 57.8 Å². The molecule has 6 rings (SSSR count). The molecule has 0 spiro atoms. The first-order valence-corrected chi connectivity index (χ1v) is 17.1. The number of rotatable bonds is 8. The highest BCUT2D eigenvalue weighted by Gasteiger charge is 2.45. The maximum atomic E-state index is 13.4. The van der Waals surface area contributed by atoms with E-state index in [9.17, 15) is 14.4 Å². The number of fused-ring (bicyclic) bond motifs is 1. The summed E-state index contributed by atoms with van der Waals surface area (Å²) in [5.41, 5.74) is 4.19. The Hall–Kier alpha value is -3.06. The summed E-state index contributed by atoms with van der Waals surface area (Å²) in [7, 11) is 1.87. The summed E-state index contributed by atoms with van der Waals surface area (Å²) >= 11 is 5.99. The van der Waals surface area contributed by atoms with Crippen LogP contribution in [-0.2, 0) is 28.9 Å². The third-order valence-electron chi connectivity index (χ3n) is 10.5. The average molecular weight is 621 g/mol. The van der Waals surface area contributed by atoms with Gasteiger partial charge in [0.25, 0.3) is 0 Å². The summed E-state index contributed by atoms with van der Waals surface area (Å²) in [5, 5.41) is 3.38. The molecule has 2 saturated heterocycles. The molecule has 44 heavy (non-hydrogen) atoms. The Morgan fingerprint density at radius 3 is 2.14 bits per heavy atom. The van der Waals surface area contributed by atoms with E-state index in [1.807, 2.05) is 29.0 Å². The van der Waals surface area contributed by atoms with Crippen LogP contribution in [0.15, 0.2) is 48.5 Å². The van der Waals surface area contributed by atoms with Gasteiger partial charge < -0.3 is 20.0 Å². The van der Waals surface area contributed by atoms with E-state index < -0.39 is 6.04 Å². The number of urea groups is 1. The van der Waals surface area contributed by atoms with Gasteiger partial charge in [0, 0.05) is 51.2 Å². The van der Waals surface area contributed by atoms with Crippen LogP contribution in [0.2, 0.25) is 5.02 Å². The summed E-state index contributed by atoms with van der Waals surface area (Å²) in [6, 6.07) is 15.7. The highest BCUT2D eigenvalue weighted by molar-refractivity contribution is 6.30. The second-order valence-electron chi connectivity index (χ2n) is 13.3. The molecule has 0 radical (unpaired) electrons. The number of piperidine rings is 1. The standard InChI is InChI=1S/C26H37ClN4O3.C10H12/c1-29-15-16-31(25(29)34)18-26(21-5-3-2-4-6-21)11-13-30(14-12-26)24(33)23(28-19-32)17-20-7-9-22(27)10-8-20;1-2-6-10-8-4-3-7-9(10)5-1/h7-10,19,21,23H,2-6,11-18H2,1H3,(H,28,32);1-2,5-6H,3-4,7-8H2. The van der Waals surface area contributed by atoms with Gasteiger partial charge in [-0.1, -0.05) is 67.3 Å². The van der Waals surface area contributed by atoms with E-state index in [0.29, 0.717) is 36.9 Å². The summed E-state index contributed by atoms with van der Waals surface area (Å²) < 4.78 is 0. The molecule has 1 atom stereocenters. The van der Waals surface area contributed by atoms with E-state index in [2.05, 4.69) is 29.6 Å². The third-order valence-corrected chi connectivity index (χ3v) is 10.8. The predicted octanol–water partition coefficient (Wildman–Crippen LogP) is 6.12. The van der Waals surface area contributed by atoms with Crippen molar-refractivity contribution in [1.29, 1.82) is 0 Å². The summed E-state index contributed by atoms with van der Waals surface area (Å²) in [5.74, 6) is 0.575. The molecular weight excluding hydrogens is 572 g/mol. The van der Waals surface area contributed by atoms with Crippen LogP contribution < -0.4 is 5.32 Å². The van der Waals surface area contributed by atoms with Gasteiger partial charge >= 0.3 is 6.03 Å². The lowest BCUT2D eigenvalue weighted by molar-refractivity contribution is -0.138. The summed E-state index contributed by atoms with van der Waals surface area (Å²) in [6.07, 6.45) is 14.5. The molecule has 0 bridgehead atoms. The van der Waals surface area contributed by atoms with E-state index in [1.54, 1.807) is 28.2 Å². The van der Waals surface area contributed by atoms with Crippen molar-refractivity contribution in [3.05, 3.63) is 70.2 Å². The molecule has 1 saturated carbocycles. The van der Waals surface area contributed by atoms with E-state index >= 15 is 0 Å². The van der Waals surface area contributed by atoms with Crippen molar-refractivity contribution in [1.82, 2.24) is 20.0 Å². The zero-order valence-corrected chi connectivity index (χ0v) is 27.1. The quantitative estimate of drug-likeness (QED) is 0.362. The van der Waals surface area contributed by atoms with Crippen molar-refractivity contribution in [2.75, 3.05) is 39.8 Å². The molecule has 7 nitrogen and oxygen atoms in total. The Balaban J connectivity index is 0.000000322. The minimum Gasteiger partial charge on any atom is -0.347 e. The monoisotopic (exact) mass is 620 g/mol. The number of hydrogen-bond donors (Lipinski definition) is 1. The number of benzene rings is 2. The Labute approximate surface area is 268 Å². The zero-order valence-electron chi connectivity index (χ0n) is 26.3. The molecule has 238 valence electrons. The minimum atomic E-state index is -0.588. The number of likely N-dealkylation sites (tertiary alicyclic amines) is 1. The molecule has 4 amide bonds. The second-order valence-corrected chi connectivity index (χ2v) is 13.7. The van der Waals surface area contributed by atoms with E-state index in [-0.39, 0.29) is 17.4 Å². The molecule has 4 aliphatic rings. The molecule has 3 fully saturated rings. The van der Waals surface area contributed by atoms with Crippen molar-refractivity contribution in [2.24, 2.45) is 11.3 Å². The Bertz CT molecular complexity index is 1230. The average Bonchev–Trinajstić information content (AvgIpc) is 3.38. The third kappa shape index (κ3) is 7.96. The topological polar surface area (TPSA) is 73.0 Å². The SMILES string of the molecule is CN1CCN(CC2(C3CCCCC3)CCN(C(=O)C(Cc3ccc(Cl)cc3)NC=O)CC2)C1=O.c1ccc2c(c1)CCCC2. The molecule has 2 aliphatic carbocycles. The molecule has 1 N–H and O–H groups in total. The van der Waals surface area contributed by atoms with Crippen LogP contribution in [0.1, 0.15) is 74.5 Å². The molecule has 2 aromatic rings. The smallest absolute Gasteiger partial charge is 0.319 e. The van der Waals surface area contributed by atoms with Gasteiger partial charge in [0.15, 0.2) is 0 Å². The number of halogens is 1. The molecule has 8 heteroatoms. The fraction of sp³-hybridized carbons (Fsp3) is 0.583. The molecular formula is C36H49ClN4O3. The maximum Gasteiger partial charge on any atom is 0.319 e. The largest absolute Gasteiger partial charge is 0.347 e. The normalized spacial score (nSPS) is 20.8. The van der Waals surface area contributed by atoms with Crippen LogP contribution in [0.5, 0.6) is 0 Å². The number of nitrogens with zero attached hydrogens (tertiary/aromatic N) is 3. The van der Waals surface area contributed by atoms with Gasteiger partial charge in [-0.2, -0.15) is 0 Å². The predicted molar refractivity (Wildman–Crippen MR) is 176 cm³/mol. The number of hydrogen-bond acceptors (Lipinski definition) is 3. The highest BCUT2D eigenvalue weighted by atomic mass is 35.5. The van der Waals surface area contributed by atoms with E-state index in [0.717, 1.165) is 38.0 Å². The lowest BCUT2D eigenvalue weighted by atomic mass is 9.63. The van der Waals surface area contributed by atoms with Crippen LogP contribution >= 0.6 is 11.6 Å². The van der Waals surface area contributed by atoms with Gasteiger partial charge in [0.05, 0.1) is 0 Å². The number of carbonyl (C=O) groups excluding carboxylic acids is 3. The number of nitrogens with one attached hydrogen (secondary N) is 1. The fourth-order valence-electron chi connectivity index (χ4n) is 7.87. The van der Waals surface area contributed by atoms with Crippen molar-refractivity contribution in [2.45, 2.75) is 83.1 Å². The van der Waals surface area contributed by atoms with Gasteiger partial charge in [0.2, 0.25) is 12.3 Å². The van der Waals surface area contributed by atoms with Crippen LogP contribution in [0.3, 0.4) is 0 Å². The second kappa shape index (κ2) is 15.3. The molecule has 2 aliphatic heterocycles. The Kier molecular flexibility index (Phi) is 11.2. The number of aryl methyl sites for hydroxylation is 2. The number of amides is 4. The Morgan fingerprint density at radius 1 is 0.932 bits per heavy atom. The minimum absolute atomic E-state index is 0.0312. The van der Waals surface area contributed by atoms with E-state index in [4.69, 9.17) is 11.6 Å². The van der Waals surface area contributed by atoms with Crippen molar-refractivity contribution >= 4 is 29.9 Å². The lowest BCUT2D eigenvalue weighted by Gasteiger charge is -2.49. The van der Waals surface area contributed by atoms with Gasteiger partial charge in [-0.15, -0.1) is 0 Å². The van der Waals surface area contributed by atoms with Crippen LogP contribution in [0.25, 0.3) is 0 Å². The fourth-order valence-corrected chi connectivity index (χ4v) is 7.99. The van der Waals surface area contributed by atoms with Crippen molar-refractivity contribution in [3.8, 4) is 0 Å². The van der Waals surface area contributed by atoms with Crippen molar-refractivity contribution < 1.29 is 14.4 Å². The summed E-state index contributed by atoms with van der Waals surface area (Å²) in [6.45, 7) is 3.71. The van der Waals surface area contributed by atoms with Gasteiger partial charge in [0.1, 0.15) is 6.04 Å². The molecule has 1 unspecified atom stereocenters. The Morgan fingerprint density at radius 2 is 1.57 bits per heavy atom. The first kappa shape index (κ1) is 32.3. The molecule has 2 heterocycles. The van der Waals surface area contributed by atoms with Crippen LogP contribution in [0, 0.1) is 11.3 Å². The first-order valence-electron chi connectivity index (χ1n) is 16.7. The van der Waals surface area contributed by atoms with Crippen LogP contribution in [-0.4, -0.2) is 78.9 Å². The zero-order chi connectivity index (χ0) is 30.9. The molecule has 0 aromatic heterocycles. The van der Waals surface area contributed by atoms with Crippen molar-refractivity contribution in [3.63, 3.8) is 0 Å². The lowest BCUT2D eigenvalue weighted by Crippen LogP contribution is -2.55. The van der Waals surface area contributed by atoms with Gasteiger partial charge in [-0.05, 0) is 91.5 Å². The number of carbonyl (C=O) groups is 3. The van der Waals surface area contributed by atoms with Gasteiger partial charge in [-0.25, -0.2) is 4.79 Å². The van der Waals surface area contributed by atoms with Crippen LogP contribution in [0.4, 0.5) is 4.79 Å².